The van der Waals surface area contributed by atoms with Crippen molar-refractivity contribution in [2.24, 2.45) is 0 Å². The molecule has 13 heteroatoms. The number of hydrogen-bond donors (Lipinski definition) is 6. The number of hydrogen-bond acceptors (Lipinski definition) is 11. The van der Waals surface area contributed by atoms with Gasteiger partial charge in [-0.1, -0.05) is 211 Å². The molecule has 1 aliphatic rings. The van der Waals surface area contributed by atoms with Crippen LogP contribution in [0.25, 0.3) is 0 Å². The molecule has 6 unspecified atom stereocenters. The van der Waals surface area contributed by atoms with E-state index in [1.54, 1.807) is 0 Å². The molecule has 0 heterocycles. The standard InChI is InChI=1S/C53H99O12P/c1-3-5-7-9-11-13-15-17-19-21-22-23-24-25-27-29-31-33-35-37-39-41-43-62-44-46(45-63-66(60,61)65-53-51(58)49(56)48(55)50(57)52(53)59)64-47(54)42-40-38-36-34-32-30-28-26-20-18-16-14-12-10-8-6-4-2/h15,17,21-22,24-25,46,48-53,55-59H,3-14,16,18-20,23,26-45H2,1-2H3,(H,60,61)/b17-15-,22-21-,25-24-. The van der Waals surface area contributed by atoms with Crippen LogP contribution in [-0.4, -0.2) is 98.9 Å². The third-order valence-corrected chi connectivity index (χ3v) is 13.5. The molecule has 0 aromatic rings. The number of carbonyl (C=O) groups is 1. The fraction of sp³-hybridized carbons (Fsp3) is 0.868. The molecule has 1 saturated carbocycles. The molecule has 0 saturated heterocycles. The van der Waals surface area contributed by atoms with Gasteiger partial charge in [-0.05, 0) is 51.4 Å². The molecule has 6 N–H and O–H groups in total. The summed E-state index contributed by atoms with van der Waals surface area (Å²) in [5.41, 5.74) is 0. The third kappa shape index (κ3) is 34.8. The van der Waals surface area contributed by atoms with Crippen LogP contribution in [0.2, 0.25) is 0 Å². The summed E-state index contributed by atoms with van der Waals surface area (Å²) in [5.74, 6) is -0.477. The van der Waals surface area contributed by atoms with Crippen molar-refractivity contribution >= 4 is 13.8 Å². The molecule has 0 bridgehead atoms. The molecule has 1 fully saturated rings. The highest BCUT2D eigenvalue weighted by Crippen LogP contribution is 2.47. The lowest BCUT2D eigenvalue weighted by Gasteiger charge is -2.41. The van der Waals surface area contributed by atoms with Crippen molar-refractivity contribution in [2.75, 3.05) is 19.8 Å². The fourth-order valence-corrected chi connectivity index (χ4v) is 9.22. The Hall–Kier alpha value is -1.44. The minimum atomic E-state index is -5.02. The second-order valence-corrected chi connectivity index (χ2v) is 20.1. The van der Waals surface area contributed by atoms with Crippen molar-refractivity contribution in [3.63, 3.8) is 0 Å². The maximum absolute atomic E-state index is 12.9. The predicted molar refractivity (Wildman–Crippen MR) is 267 cm³/mol. The molecule has 0 aliphatic heterocycles. The number of carbonyl (C=O) groups excluding carboxylic acids is 1. The lowest BCUT2D eigenvalue weighted by molar-refractivity contribution is -0.220. The van der Waals surface area contributed by atoms with Crippen LogP contribution in [0.4, 0.5) is 0 Å². The van der Waals surface area contributed by atoms with Gasteiger partial charge < -0.3 is 39.9 Å². The Kier molecular flexibility index (Phi) is 41.3. The largest absolute Gasteiger partial charge is 0.472 e. The maximum Gasteiger partial charge on any atom is 0.472 e. The average molecular weight is 959 g/mol. The molecular formula is C53H99O12P. The van der Waals surface area contributed by atoms with Gasteiger partial charge >= 0.3 is 13.8 Å². The highest BCUT2D eigenvalue weighted by molar-refractivity contribution is 7.47. The van der Waals surface area contributed by atoms with Crippen LogP contribution in [-0.2, 0) is 27.9 Å². The van der Waals surface area contributed by atoms with Gasteiger partial charge in [-0.15, -0.1) is 0 Å². The summed E-state index contributed by atoms with van der Waals surface area (Å²) in [6.45, 7) is 4.26. The van der Waals surface area contributed by atoms with Crippen molar-refractivity contribution in [3.05, 3.63) is 36.5 Å². The van der Waals surface area contributed by atoms with Gasteiger partial charge in [-0.2, -0.15) is 0 Å². The first-order valence-corrected chi connectivity index (χ1v) is 28.3. The smallest absolute Gasteiger partial charge is 0.457 e. The molecule has 66 heavy (non-hydrogen) atoms. The van der Waals surface area contributed by atoms with Crippen LogP contribution >= 0.6 is 7.82 Å². The molecule has 6 atom stereocenters. The van der Waals surface area contributed by atoms with E-state index in [0.29, 0.717) is 13.0 Å². The molecule has 1 rings (SSSR count). The topological polar surface area (TPSA) is 192 Å². The number of esters is 1. The van der Waals surface area contributed by atoms with Gasteiger partial charge in [0.2, 0.25) is 0 Å². The molecular weight excluding hydrogens is 860 g/mol. The van der Waals surface area contributed by atoms with Crippen LogP contribution in [0.5, 0.6) is 0 Å². The predicted octanol–water partition coefficient (Wildman–Crippen LogP) is 12.2. The zero-order chi connectivity index (χ0) is 48.4. The Bertz CT molecular complexity index is 1230. The third-order valence-electron chi connectivity index (χ3n) is 12.5. The van der Waals surface area contributed by atoms with E-state index in [1.165, 1.54) is 141 Å². The number of allylic oxidation sites excluding steroid dienone is 6. The second kappa shape index (κ2) is 43.6. The summed E-state index contributed by atoms with van der Waals surface area (Å²) in [5, 5.41) is 50.3. The van der Waals surface area contributed by atoms with Crippen LogP contribution < -0.4 is 0 Å². The van der Waals surface area contributed by atoms with Crippen LogP contribution in [0.3, 0.4) is 0 Å². The van der Waals surface area contributed by atoms with Crippen molar-refractivity contribution < 1.29 is 58.3 Å². The number of ether oxygens (including phenoxy) is 2. The lowest BCUT2D eigenvalue weighted by atomic mass is 9.85. The van der Waals surface area contributed by atoms with Crippen molar-refractivity contribution in [3.8, 4) is 0 Å². The normalized spacial score (nSPS) is 21.6. The van der Waals surface area contributed by atoms with Crippen molar-refractivity contribution in [1.29, 1.82) is 0 Å². The summed E-state index contributed by atoms with van der Waals surface area (Å²) in [4.78, 5) is 23.3. The van der Waals surface area contributed by atoms with Gasteiger partial charge in [0.25, 0.3) is 0 Å². The minimum absolute atomic E-state index is 0.0807. The van der Waals surface area contributed by atoms with E-state index >= 15 is 0 Å². The summed E-state index contributed by atoms with van der Waals surface area (Å²) in [6.07, 6.45) is 40.6. The zero-order valence-electron chi connectivity index (χ0n) is 41.7. The summed E-state index contributed by atoms with van der Waals surface area (Å²) in [7, 11) is -5.02. The molecule has 12 nitrogen and oxygen atoms in total. The van der Waals surface area contributed by atoms with Crippen LogP contribution in [0, 0.1) is 0 Å². The van der Waals surface area contributed by atoms with E-state index < -0.39 is 63.1 Å². The van der Waals surface area contributed by atoms with E-state index in [0.717, 1.165) is 64.2 Å². The van der Waals surface area contributed by atoms with E-state index in [1.807, 2.05) is 0 Å². The van der Waals surface area contributed by atoms with E-state index in [9.17, 15) is 39.8 Å². The first kappa shape index (κ1) is 62.6. The second-order valence-electron chi connectivity index (χ2n) is 18.7. The van der Waals surface area contributed by atoms with E-state index in [-0.39, 0.29) is 13.0 Å². The zero-order valence-corrected chi connectivity index (χ0v) is 42.6. The number of aliphatic hydroxyl groups excluding tert-OH is 5. The monoisotopic (exact) mass is 959 g/mol. The van der Waals surface area contributed by atoms with Gasteiger partial charge in [-0.25, -0.2) is 4.57 Å². The first-order chi connectivity index (χ1) is 32.0. The molecule has 388 valence electrons. The molecule has 0 spiro atoms. The quantitative estimate of drug-likeness (QED) is 0.0147. The van der Waals surface area contributed by atoms with Crippen molar-refractivity contribution in [2.45, 2.75) is 275 Å². The lowest BCUT2D eigenvalue weighted by Crippen LogP contribution is -2.64. The maximum atomic E-state index is 12.9. The van der Waals surface area contributed by atoms with Gasteiger partial charge in [0.15, 0.2) is 0 Å². The summed E-state index contributed by atoms with van der Waals surface area (Å²) in [6, 6.07) is 0. The number of unbranched alkanes of at least 4 members (excludes halogenated alkanes) is 28. The Labute approximate surface area is 402 Å². The molecule has 0 aromatic heterocycles. The first-order valence-electron chi connectivity index (χ1n) is 26.8. The average Bonchev–Trinajstić information content (AvgIpc) is 3.30. The van der Waals surface area contributed by atoms with Gasteiger partial charge in [0.1, 0.15) is 42.7 Å². The molecule has 0 radical (unpaired) electrons. The Morgan fingerprint density at radius 1 is 0.485 bits per heavy atom. The SMILES string of the molecule is CCCCCCC/C=C\C/C=C\C/C=C\CCCCCCCCCOCC(COP(=O)(O)OC1C(O)C(O)C(O)C(O)C1O)OC(=O)CCCCCCCCCCCCCCCCCCC. The molecule has 0 aromatic carbocycles. The Morgan fingerprint density at radius 2 is 0.848 bits per heavy atom. The van der Waals surface area contributed by atoms with Crippen LogP contribution in [0.1, 0.15) is 232 Å². The van der Waals surface area contributed by atoms with E-state index in [2.05, 4.69) is 50.3 Å². The van der Waals surface area contributed by atoms with Crippen molar-refractivity contribution in [1.82, 2.24) is 0 Å². The van der Waals surface area contributed by atoms with Gasteiger partial charge in [0, 0.05) is 13.0 Å². The molecule has 1 aliphatic carbocycles. The number of aliphatic hydroxyl groups is 5. The number of phosphoric acid groups is 1. The fourth-order valence-electron chi connectivity index (χ4n) is 8.25. The highest BCUT2D eigenvalue weighted by atomic mass is 31.2. The molecule has 0 amide bonds. The van der Waals surface area contributed by atoms with Gasteiger partial charge in [-0.3, -0.25) is 13.8 Å². The van der Waals surface area contributed by atoms with E-state index in [4.69, 9.17) is 18.5 Å². The van der Waals surface area contributed by atoms with Crippen LogP contribution in [0.15, 0.2) is 36.5 Å². The summed E-state index contributed by atoms with van der Waals surface area (Å²) < 4.78 is 34.3. The number of rotatable bonds is 46. The number of phosphoric ester groups is 1. The van der Waals surface area contributed by atoms with Gasteiger partial charge in [0.05, 0.1) is 13.2 Å². The summed E-state index contributed by atoms with van der Waals surface area (Å²) >= 11 is 0. The Morgan fingerprint density at radius 3 is 1.29 bits per heavy atom. The Balaban J connectivity index is 2.33. The minimum Gasteiger partial charge on any atom is -0.457 e. The highest BCUT2D eigenvalue weighted by Gasteiger charge is 2.51.